The van der Waals surface area contributed by atoms with Crippen LogP contribution >= 0.6 is 0 Å². The van der Waals surface area contributed by atoms with E-state index in [1.165, 1.54) is 0 Å². The highest BCUT2D eigenvalue weighted by Gasteiger charge is 2.29. The van der Waals surface area contributed by atoms with Crippen molar-refractivity contribution >= 4 is 5.97 Å². The molecular weight excluding hydrogens is 230 g/mol. The van der Waals surface area contributed by atoms with Crippen LogP contribution in [0.15, 0.2) is 0 Å². The smallest absolute Gasteiger partial charge is 0.325 e. The van der Waals surface area contributed by atoms with Gasteiger partial charge in [0.1, 0.15) is 6.04 Å². The molecule has 1 aliphatic carbocycles. The highest BCUT2D eigenvalue weighted by Crippen LogP contribution is 2.20. The zero-order valence-corrected chi connectivity index (χ0v) is 12.1. The van der Waals surface area contributed by atoms with Crippen LogP contribution in [-0.4, -0.2) is 37.4 Å². The van der Waals surface area contributed by atoms with Gasteiger partial charge in [0.15, 0.2) is 0 Å². The number of hydrogen-bond acceptors (Lipinski definition) is 4. The van der Waals surface area contributed by atoms with Crippen LogP contribution in [-0.2, 0) is 14.3 Å². The number of ether oxygens (including phenoxy) is 2. The van der Waals surface area contributed by atoms with E-state index in [1.807, 2.05) is 6.92 Å². The van der Waals surface area contributed by atoms with E-state index in [-0.39, 0.29) is 18.1 Å². The van der Waals surface area contributed by atoms with E-state index in [2.05, 4.69) is 26.1 Å². The first kappa shape index (κ1) is 15.4. The quantitative estimate of drug-likeness (QED) is 0.643. The first-order valence-corrected chi connectivity index (χ1v) is 7.07. The van der Waals surface area contributed by atoms with Gasteiger partial charge in [0, 0.05) is 6.04 Å². The lowest BCUT2D eigenvalue weighted by Gasteiger charge is -2.21. The normalized spacial score (nSPS) is 18.7. The molecule has 1 fully saturated rings. The number of hydrogen-bond donors (Lipinski definition) is 1. The highest BCUT2D eigenvalue weighted by atomic mass is 16.5. The number of carbonyl (C=O) groups excluding carboxylic acids is 1. The minimum atomic E-state index is -0.313. The van der Waals surface area contributed by atoms with Crippen molar-refractivity contribution in [3.8, 4) is 0 Å². The van der Waals surface area contributed by atoms with Gasteiger partial charge in [-0.2, -0.15) is 0 Å². The third kappa shape index (κ3) is 6.36. The molecule has 0 aliphatic heterocycles. The lowest BCUT2D eigenvalue weighted by molar-refractivity contribution is -0.148. The number of nitrogens with one attached hydrogen (secondary N) is 1. The van der Waals surface area contributed by atoms with E-state index in [0.29, 0.717) is 25.2 Å². The monoisotopic (exact) mass is 257 g/mol. The first-order valence-electron chi connectivity index (χ1n) is 7.07. The molecule has 0 aromatic carbocycles. The molecule has 0 aromatic heterocycles. The molecule has 0 heterocycles. The Labute approximate surface area is 110 Å². The standard InChI is InChI=1S/C14H27NO3/c1-5-17-14(16)13(15-12-6-7-12)9-18-11(4)8-10(2)3/h10-13,15H,5-9H2,1-4H3. The fourth-order valence-electron chi connectivity index (χ4n) is 1.95. The summed E-state index contributed by atoms with van der Waals surface area (Å²) >= 11 is 0. The molecule has 2 unspecified atom stereocenters. The largest absolute Gasteiger partial charge is 0.465 e. The molecule has 0 spiro atoms. The molecule has 0 amide bonds. The summed E-state index contributed by atoms with van der Waals surface area (Å²) in [5, 5.41) is 3.28. The molecule has 4 heteroatoms. The van der Waals surface area contributed by atoms with Crippen LogP contribution < -0.4 is 5.32 Å². The fraction of sp³-hybridized carbons (Fsp3) is 0.929. The second-order valence-electron chi connectivity index (χ2n) is 5.52. The van der Waals surface area contributed by atoms with Crippen LogP contribution in [0, 0.1) is 5.92 Å². The van der Waals surface area contributed by atoms with E-state index in [1.54, 1.807) is 0 Å². The maximum Gasteiger partial charge on any atom is 0.325 e. The van der Waals surface area contributed by atoms with Crippen LogP contribution in [0.4, 0.5) is 0 Å². The minimum Gasteiger partial charge on any atom is -0.465 e. The van der Waals surface area contributed by atoms with Crippen LogP contribution in [0.3, 0.4) is 0 Å². The van der Waals surface area contributed by atoms with E-state index in [0.717, 1.165) is 19.3 Å². The summed E-state index contributed by atoms with van der Waals surface area (Å²) < 4.78 is 10.8. The van der Waals surface area contributed by atoms with E-state index < -0.39 is 0 Å². The van der Waals surface area contributed by atoms with Gasteiger partial charge in [0.05, 0.1) is 19.3 Å². The van der Waals surface area contributed by atoms with Crippen molar-refractivity contribution in [1.82, 2.24) is 5.32 Å². The Morgan fingerprint density at radius 2 is 2.00 bits per heavy atom. The number of esters is 1. The molecule has 1 saturated carbocycles. The van der Waals surface area contributed by atoms with Crippen molar-refractivity contribution in [3.63, 3.8) is 0 Å². The Bertz CT molecular complexity index is 251. The van der Waals surface area contributed by atoms with Gasteiger partial charge in [-0.1, -0.05) is 13.8 Å². The molecule has 0 bridgehead atoms. The van der Waals surface area contributed by atoms with Crippen molar-refractivity contribution < 1.29 is 14.3 Å². The zero-order valence-electron chi connectivity index (χ0n) is 12.1. The van der Waals surface area contributed by atoms with Crippen LogP contribution in [0.25, 0.3) is 0 Å². The topological polar surface area (TPSA) is 47.6 Å². The molecule has 2 atom stereocenters. The predicted octanol–water partition coefficient (Wildman–Crippen LogP) is 2.12. The summed E-state index contributed by atoms with van der Waals surface area (Å²) in [6.45, 7) is 9.05. The first-order chi connectivity index (χ1) is 8.52. The van der Waals surface area contributed by atoms with E-state index in [4.69, 9.17) is 9.47 Å². The molecule has 1 N–H and O–H groups in total. The average Bonchev–Trinajstić information content (AvgIpc) is 3.07. The second-order valence-corrected chi connectivity index (χ2v) is 5.52. The van der Waals surface area contributed by atoms with E-state index >= 15 is 0 Å². The van der Waals surface area contributed by atoms with Crippen molar-refractivity contribution in [2.24, 2.45) is 5.92 Å². The van der Waals surface area contributed by atoms with Gasteiger partial charge in [-0.25, -0.2) is 0 Å². The van der Waals surface area contributed by atoms with Gasteiger partial charge >= 0.3 is 5.97 Å². The maximum atomic E-state index is 11.8. The molecule has 1 rings (SSSR count). The molecular formula is C14H27NO3. The van der Waals surface area contributed by atoms with E-state index in [9.17, 15) is 4.79 Å². The van der Waals surface area contributed by atoms with Gasteiger partial charge in [0.25, 0.3) is 0 Å². The third-order valence-electron chi connectivity index (χ3n) is 2.94. The molecule has 0 aromatic rings. The Morgan fingerprint density at radius 1 is 1.33 bits per heavy atom. The average molecular weight is 257 g/mol. The lowest BCUT2D eigenvalue weighted by Crippen LogP contribution is -2.43. The molecule has 0 radical (unpaired) electrons. The Hall–Kier alpha value is -0.610. The van der Waals surface area contributed by atoms with Crippen LogP contribution in [0.1, 0.15) is 47.0 Å². The molecule has 106 valence electrons. The molecule has 4 nitrogen and oxygen atoms in total. The summed E-state index contributed by atoms with van der Waals surface area (Å²) in [6, 6.07) is 0.162. The zero-order chi connectivity index (χ0) is 13.5. The van der Waals surface area contributed by atoms with Gasteiger partial charge in [-0.3, -0.25) is 10.1 Å². The van der Waals surface area contributed by atoms with Gasteiger partial charge in [-0.15, -0.1) is 0 Å². The van der Waals surface area contributed by atoms with Gasteiger partial charge in [-0.05, 0) is 39.0 Å². The summed E-state index contributed by atoms with van der Waals surface area (Å²) in [5.74, 6) is 0.415. The Kier molecular flexibility index (Phi) is 6.65. The van der Waals surface area contributed by atoms with Crippen molar-refractivity contribution in [3.05, 3.63) is 0 Å². The summed E-state index contributed by atoms with van der Waals surface area (Å²) in [6.07, 6.45) is 3.50. The maximum absolute atomic E-state index is 11.8. The Morgan fingerprint density at radius 3 is 2.50 bits per heavy atom. The summed E-state index contributed by atoms with van der Waals surface area (Å²) in [5.41, 5.74) is 0. The number of carbonyl (C=O) groups is 1. The highest BCUT2D eigenvalue weighted by molar-refractivity contribution is 5.76. The van der Waals surface area contributed by atoms with Crippen molar-refractivity contribution in [2.45, 2.75) is 65.1 Å². The molecule has 18 heavy (non-hydrogen) atoms. The van der Waals surface area contributed by atoms with Crippen molar-refractivity contribution in [2.75, 3.05) is 13.2 Å². The second kappa shape index (κ2) is 7.74. The van der Waals surface area contributed by atoms with Crippen LogP contribution in [0.2, 0.25) is 0 Å². The van der Waals surface area contributed by atoms with Gasteiger partial charge in [0.2, 0.25) is 0 Å². The Balaban J connectivity index is 2.32. The summed E-state index contributed by atoms with van der Waals surface area (Å²) in [7, 11) is 0. The van der Waals surface area contributed by atoms with Gasteiger partial charge < -0.3 is 9.47 Å². The minimum absolute atomic E-state index is 0.183. The summed E-state index contributed by atoms with van der Waals surface area (Å²) in [4.78, 5) is 11.8. The molecule has 0 saturated heterocycles. The van der Waals surface area contributed by atoms with Crippen LogP contribution in [0.5, 0.6) is 0 Å². The fourth-order valence-corrected chi connectivity index (χ4v) is 1.95. The van der Waals surface area contributed by atoms with Crippen molar-refractivity contribution in [1.29, 1.82) is 0 Å². The third-order valence-corrected chi connectivity index (χ3v) is 2.94. The number of rotatable bonds is 9. The lowest BCUT2D eigenvalue weighted by atomic mass is 10.1. The SMILES string of the molecule is CCOC(=O)C(COC(C)CC(C)C)NC1CC1. The molecule has 1 aliphatic rings. The predicted molar refractivity (Wildman–Crippen MR) is 71.4 cm³/mol.